The number of benzene rings is 1. The minimum absolute atomic E-state index is 0.217. The highest BCUT2D eigenvalue weighted by molar-refractivity contribution is 9.10. The molecule has 1 aromatic rings. The summed E-state index contributed by atoms with van der Waals surface area (Å²) in [4.78, 5) is 11.4. The number of hydrogen-bond donors (Lipinski definition) is 2. The van der Waals surface area contributed by atoms with Crippen molar-refractivity contribution in [2.75, 3.05) is 13.1 Å². The summed E-state index contributed by atoms with van der Waals surface area (Å²) < 4.78 is 1.14. The van der Waals surface area contributed by atoms with E-state index >= 15 is 0 Å². The minimum Gasteiger partial charge on any atom is -0.355 e. The first-order valence-corrected chi connectivity index (χ1v) is 7.19. The van der Waals surface area contributed by atoms with Crippen LogP contribution in [0.3, 0.4) is 0 Å². The molecule has 0 aliphatic heterocycles. The maximum atomic E-state index is 11.4. The third-order valence-corrected chi connectivity index (χ3v) is 3.97. The first-order chi connectivity index (χ1) is 8.66. The van der Waals surface area contributed by atoms with E-state index < -0.39 is 0 Å². The molecular formula is C14H19BrN2O. The summed E-state index contributed by atoms with van der Waals surface area (Å²) in [6.07, 6.45) is 2.13. The zero-order chi connectivity index (χ0) is 13.0. The first kappa shape index (κ1) is 13.6. The van der Waals surface area contributed by atoms with Gasteiger partial charge in [-0.3, -0.25) is 4.79 Å². The second-order valence-electron chi connectivity index (χ2n) is 4.83. The molecule has 0 aromatic heterocycles. The molecule has 1 fully saturated rings. The fourth-order valence-electron chi connectivity index (χ4n) is 1.74. The third-order valence-electron chi connectivity index (χ3n) is 3.11. The van der Waals surface area contributed by atoms with Crippen LogP contribution < -0.4 is 10.6 Å². The van der Waals surface area contributed by atoms with Gasteiger partial charge in [0.15, 0.2) is 0 Å². The fraction of sp³-hybridized carbons (Fsp3) is 0.500. The third kappa shape index (κ3) is 4.10. The van der Waals surface area contributed by atoms with Crippen molar-refractivity contribution in [1.82, 2.24) is 10.6 Å². The number of aryl methyl sites for hydroxylation is 1. The molecular weight excluding hydrogens is 292 g/mol. The molecule has 0 spiro atoms. The SMILES string of the molecule is Cc1ccc(CNCCNC(=O)C2CC2)cc1Br. The van der Waals surface area contributed by atoms with Gasteiger partial charge in [0.1, 0.15) is 0 Å². The Balaban J connectivity index is 1.62. The summed E-state index contributed by atoms with van der Waals surface area (Å²) in [6.45, 7) is 4.43. The largest absolute Gasteiger partial charge is 0.355 e. The molecule has 0 atom stereocenters. The Labute approximate surface area is 116 Å². The van der Waals surface area contributed by atoms with E-state index in [2.05, 4.69) is 51.7 Å². The van der Waals surface area contributed by atoms with Crippen LogP contribution in [-0.4, -0.2) is 19.0 Å². The molecule has 4 heteroatoms. The van der Waals surface area contributed by atoms with E-state index in [9.17, 15) is 4.79 Å². The molecule has 3 nitrogen and oxygen atoms in total. The van der Waals surface area contributed by atoms with E-state index in [0.717, 1.165) is 30.4 Å². The number of hydrogen-bond acceptors (Lipinski definition) is 2. The Hall–Kier alpha value is -0.870. The van der Waals surface area contributed by atoms with E-state index in [1.165, 1.54) is 11.1 Å². The van der Waals surface area contributed by atoms with Crippen molar-refractivity contribution < 1.29 is 4.79 Å². The Kier molecular flexibility index (Phi) is 4.78. The second kappa shape index (κ2) is 6.34. The number of rotatable bonds is 6. The van der Waals surface area contributed by atoms with Gasteiger partial charge in [0.25, 0.3) is 0 Å². The average Bonchev–Trinajstić information content (AvgIpc) is 3.17. The Morgan fingerprint density at radius 3 is 2.83 bits per heavy atom. The van der Waals surface area contributed by atoms with Gasteiger partial charge >= 0.3 is 0 Å². The topological polar surface area (TPSA) is 41.1 Å². The Morgan fingerprint density at radius 1 is 1.39 bits per heavy atom. The lowest BCUT2D eigenvalue weighted by Crippen LogP contribution is -2.32. The van der Waals surface area contributed by atoms with Crippen molar-refractivity contribution in [3.05, 3.63) is 33.8 Å². The summed E-state index contributed by atoms with van der Waals surface area (Å²) in [6, 6.07) is 6.36. The van der Waals surface area contributed by atoms with Gasteiger partial charge in [0.05, 0.1) is 0 Å². The summed E-state index contributed by atoms with van der Waals surface area (Å²) >= 11 is 3.53. The van der Waals surface area contributed by atoms with Crippen molar-refractivity contribution in [1.29, 1.82) is 0 Å². The zero-order valence-electron chi connectivity index (χ0n) is 10.6. The lowest BCUT2D eigenvalue weighted by Gasteiger charge is -2.07. The molecule has 0 heterocycles. The first-order valence-electron chi connectivity index (χ1n) is 6.40. The maximum Gasteiger partial charge on any atom is 0.223 e. The van der Waals surface area contributed by atoms with Crippen molar-refractivity contribution >= 4 is 21.8 Å². The second-order valence-corrected chi connectivity index (χ2v) is 5.68. The number of amides is 1. The zero-order valence-corrected chi connectivity index (χ0v) is 12.2. The van der Waals surface area contributed by atoms with Crippen LogP contribution >= 0.6 is 15.9 Å². The molecule has 0 unspecified atom stereocenters. The van der Waals surface area contributed by atoms with Crippen LogP contribution in [-0.2, 0) is 11.3 Å². The van der Waals surface area contributed by atoms with Crippen LogP contribution in [0.1, 0.15) is 24.0 Å². The Bertz CT molecular complexity index is 430. The van der Waals surface area contributed by atoms with Gasteiger partial charge in [0.2, 0.25) is 5.91 Å². The van der Waals surface area contributed by atoms with E-state index in [-0.39, 0.29) is 5.91 Å². The molecule has 0 radical (unpaired) electrons. The van der Waals surface area contributed by atoms with Gasteiger partial charge in [-0.05, 0) is 37.0 Å². The van der Waals surface area contributed by atoms with E-state index in [1.807, 2.05) is 0 Å². The molecule has 0 bridgehead atoms. The van der Waals surface area contributed by atoms with Crippen LogP contribution in [0.4, 0.5) is 0 Å². The van der Waals surface area contributed by atoms with E-state index in [0.29, 0.717) is 12.5 Å². The molecule has 18 heavy (non-hydrogen) atoms. The Morgan fingerprint density at radius 2 is 2.17 bits per heavy atom. The molecule has 1 aliphatic carbocycles. The van der Waals surface area contributed by atoms with Crippen molar-refractivity contribution in [3.8, 4) is 0 Å². The summed E-state index contributed by atoms with van der Waals surface area (Å²) in [5, 5.41) is 6.27. The average molecular weight is 311 g/mol. The lowest BCUT2D eigenvalue weighted by atomic mass is 10.1. The molecule has 98 valence electrons. The minimum atomic E-state index is 0.217. The van der Waals surface area contributed by atoms with Crippen molar-refractivity contribution in [2.24, 2.45) is 5.92 Å². The normalized spacial score (nSPS) is 14.6. The number of halogens is 1. The summed E-state index contributed by atoms with van der Waals surface area (Å²) in [5.74, 6) is 0.521. The van der Waals surface area contributed by atoms with Gasteiger partial charge in [-0.25, -0.2) is 0 Å². The monoisotopic (exact) mass is 310 g/mol. The molecule has 2 N–H and O–H groups in total. The van der Waals surface area contributed by atoms with Gasteiger partial charge in [-0.2, -0.15) is 0 Å². The summed E-state index contributed by atoms with van der Waals surface area (Å²) in [5.41, 5.74) is 2.50. The summed E-state index contributed by atoms with van der Waals surface area (Å²) in [7, 11) is 0. The highest BCUT2D eigenvalue weighted by Crippen LogP contribution is 2.28. The standard InChI is InChI=1S/C14H19BrN2O/c1-10-2-3-11(8-13(10)15)9-16-6-7-17-14(18)12-4-5-12/h2-3,8,12,16H,4-7,9H2,1H3,(H,17,18). The molecule has 1 aliphatic rings. The molecule has 1 amide bonds. The smallest absolute Gasteiger partial charge is 0.223 e. The van der Waals surface area contributed by atoms with Gasteiger partial charge in [-0.1, -0.05) is 28.1 Å². The van der Waals surface area contributed by atoms with Crippen LogP contribution in [0.2, 0.25) is 0 Å². The van der Waals surface area contributed by atoms with Crippen LogP contribution in [0.15, 0.2) is 22.7 Å². The van der Waals surface area contributed by atoms with Crippen LogP contribution in [0.25, 0.3) is 0 Å². The predicted molar refractivity (Wildman–Crippen MR) is 76.3 cm³/mol. The van der Waals surface area contributed by atoms with Gasteiger partial charge < -0.3 is 10.6 Å². The number of carbonyl (C=O) groups excluding carboxylic acids is 1. The molecule has 1 aromatic carbocycles. The van der Waals surface area contributed by atoms with E-state index in [1.54, 1.807) is 0 Å². The maximum absolute atomic E-state index is 11.4. The van der Waals surface area contributed by atoms with Gasteiger partial charge in [-0.15, -0.1) is 0 Å². The van der Waals surface area contributed by atoms with Crippen molar-refractivity contribution in [2.45, 2.75) is 26.3 Å². The molecule has 2 rings (SSSR count). The predicted octanol–water partition coefficient (Wildman–Crippen LogP) is 2.37. The molecule has 0 saturated heterocycles. The van der Waals surface area contributed by atoms with Crippen LogP contribution in [0.5, 0.6) is 0 Å². The highest BCUT2D eigenvalue weighted by atomic mass is 79.9. The van der Waals surface area contributed by atoms with Crippen molar-refractivity contribution in [3.63, 3.8) is 0 Å². The number of nitrogens with one attached hydrogen (secondary N) is 2. The lowest BCUT2D eigenvalue weighted by molar-refractivity contribution is -0.122. The fourth-order valence-corrected chi connectivity index (χ4v) is 2.17. The molecule has 1 saturated carbocycles. The van der Waals surface area contributed by atoms with Gasteiger partial charge in [0, 0.05) is 30.0 Å². The number of carbonyl (C=O) groups is 1. The van der Waals surface area contributed by atoms with E-state index in [4.69, 9.17) is 0 Å². The highest BCUT2D eigenvalue weighted by Gasteiger charge is 2.28. The van der Waals surface area contributed by atoms with Crippen LogP contribution in [0, 0.1) is 12.8 Å². The quantitative estimate of drug-likeness (QED) is 0.792.